The van der Waals surface area contributed by atoms with Crippen LogP contribution in [0.25, 0.3) is 0 Å². The molecule has 2 amide bonds. The third-order valence-corrected chi connectivity index (χ3v) is 4.93. The minimum absolute atomic E-state index is 0.116. The largest absolute Gasteiger partial charge is 0.491 e. The number of methoxy groups -OCH3 is 1. The quantitative estimate of drug-likeness (QED) is 0.198. The first kappa shape index (κ1) is 29.6. The number of hydrogen-bond acceptors (Lipinski definition) is 6. The van der Waals surface area contributed by atoms with Gasteiger partial charge >= 0.3 is 0 Å². The van der Waals surface area contributed by atoms with Gasteiger partial charge in [0.1, 0.15) is 30.5 Å². The number of carbonyl (C=O) groups is 3. The molecule has 0 aliphatic rings. The van der Waals surface area contributed by atoms with Gasteiger partial charge < -0.3 is 29.8 Å². The number of carbonyl (C=O) groups excluding carboxylic acids is 3. The predicted molar refractivity (Wildman–Crippen MR) is 133 cm³/mol. The second-order valence-corrected chi connectivity index (χ2v) is 7.89. The molecule has 2 N–H and O–H groups in total. The fourth-order valence-electron chi connectivity index (χ4n) is 3.05. The van der Waals surface area contributed by atoms with E-state index in [1.54, 1.807) is 31.4 Å². The average Bonchev–Trinajstić information content (AvgIpc) is 2.84. The lowest BCUT2D eigenvalue weighted by atomic mass is 10.1. The van der Waals surface area contributed by atoms with E-state index in [0.29, 0.717) is 42.9 Å². The van der Waals surface area contributed by atoms with E-state index in [1.807, 2.05) is 26.0 Å². The first-order chi connectivity index (χ1) is 16.9. The maximum absolute atomic E-state index is 14.4. The zero-order valence-electron chi connectivity index (χ0n) is 20.9. The number of allylic oxidation sites excluding steroid dienone is 4. The third kappa shape index (κ3) is 11.5. The van der Waals surface area contributed by atoms with Crippen molar-refractivity contribution in [1.29, 1.82) is 0 Å². The van der Waals surface area contributed by atoms with Crippen LogP contribution in [0.1, 0.15) is 32.3 Å². The number of hydrogen-bond donors (Lipinski definition) is 2. The van der Waals surface area contributed by atoms with Crippen LogP contribution in [0.2, 0.25) is 0 Å². The molecule has 0 aromatic heterocycles. The molecule has 1 aromatic carbocycles. The van der Waals surface area contributed by atoms with Crippen molar-refractivity contribution in [1.82, 2.24) is 15.5 Å². The van der Waals surface area contributed by atoms with E-state index in [4.69, 9.17) is 9.47 Å². The van der Waals surface area contributed by atoms with Gasteiger partial charge in [-0.05, 0) is 50.6 Å². The Labute approximate surface area is 206 Å². The molecule has 9 heteroatoms. The topological polar surface area (TPSA) is 97.0 Å². The molecule has 0 saturated heterocycles. The molecule has 0 aliphatic heterocycles. The molecule has 192 valence electrons. The number of nitrogens with zero attached hydrogens (tertiary/aromatic N) is 1. The lowest BCUT2D eigenvalue weighted by Crippen LogP contribution is -2.45. The monoisotopic (exact) mass is 489 g/mol. The van der Waals surface area contributed by atoms with E-state index in [9.17, 15) is 18.8 Å². The molecule has 8 nitrogen and oxygen atoms in total. The lowest BCUT2D eigenvalue weighted by molar-refractivity contribution is -0.132. The van der Waals surface area contributed by atoms with Gasteiger partial charge in [-0.25, -0.2) is 4.39 Å². The van der Waals surface area contributed by atoms with Gasteiger partial charge in [0.15, 0.2) is 0 Å². The van der Waals surface area contributed by atoms with Crippen molar-refractivity contribution in [3.63, 3.8) is 0 Å². The molecule has 0 radical (unpaired) electrons. The van der Waals surface area contributed by atoms with Crippen LogP contribution >= 0.6 is 0 Å². The van der Waals surface area contributed by atoms with Crippen molar-refractivity contribution in [2.45, 2.75) is 39.3 Å². The Morgan fingerprint density at radius 3 is 2.63 bits per heavy atom. The maximum atomic E-state index is 14.4. The molecule has 0 bridgehead atoms. The number of amides is 2. The van der Waals surface area contributed by atoms with Crippen LogP contribution in [0, 0.1) is 5.82 Å². The van der Waals surface area contributed by atoms with Crippen molar-refractivity contribution < 1.29 is 28.2 Å². The zero-order valence-corrected chi connectivity index (χ0v) is 20.9. The van der Waals surface area contributed by atoms with E-state index >= 15 is 0 Å². The van der Waals surface area contributed by atoms with Crippen molar-refractivity contribution in [3.05, 3.63) is 65.2 Å². The lowest BCUT2D eigenvalue weighted by Gasteiger charge is -2.25. The van der Waals surface area contributed by atoms with Gasteiger partial charge in [-0.1, -0.05) is 17.7 Å². The first-order valence-corrected chi connectivity index (χ1v) is 11.4. The highest BCUT2D eigenvalue weighted by Gasteiger charge is 2.23. The van der Waals surface area contributed by atoms with Crippen molar-refractivity contribution in [2.75, 3.05) is 33.9 Å². The highest BCUT2D eigenvalue weighted by Crippen LogP contribution is 2.17. The summed E-state index contributed by atoms with van der Waals surface area (Å²) in [7, 11) is 3.05. The molecule has 35 heavy (non-hydrogen) atoms. The molecule has 0 spiro atoms. The summed E-state index contributed by atoms with van der Waals surface area (Å²) in [6.07, 6.45) is 8.94. The number of benzene rings is 1. The second-order valence-electron chi connectivity index (χ2n) is 7.89. The van der Waals surface area contributed by atoms with Crippen LogP contribution in [0.4, 0.5) is 4.39 Å². The highest BCUT2D eigenvalue weighted by atomic mass is 19.1. The van der Waals surface area contributed by atoms with Crippen LogP contribution in [-0.4, -0.2) is 63.5 Å². The molecule has 0 saturated carbocycles. The third-order valence-electron chi connectivity index (χ3n) is 4.93. The zero-order chi connectivity index (χ0) is 26.1. The Balaban J connectivity index is 3.06. The smallest absolute Gasteiger partial charge is 0.242 e. The van der Waals surface area contributed by atoms with Gasteiger partial charge in [0.25, 0.3) is 0 Å². The van der Waals surface area contributed by atoms with Crippen molar-refractivity contribution in [2.24, 2.45) is 0 Å². The summed E-state index contributed by atoms with van der Waals surface area (Å²) in [5.41, 5.74) is 2.13. The van der Waals surface area contributed by atoms with E-state index in [-0.39, 0.29) is 37.7 Å². The van der Waals surface area contributed by atoms with Crippen LogP contribution in [-0.2, 0) is 25.7 Å². The van der Waals surface area contributed by atoms with Gasteiger partial charge in [-0.15, -0.1) is 0 Å². The Morgan fingerprint density at radius 1 is 1.23 bits per heavy atom. The maximum Gasteiger partial charge on any atom is 0.242 e. The number of aldehydes is 1. The predicted octanol–water partition coefficient (Wildman–Crippen LogP) is 2.90. The van der Waals surface area contributed by atoms with E-state index in [0.717, 1.165) is 5.57 Å². The summed E-state index contributed by atoms with van der Waals surface area (Å²) in [6.45, 7) is 4.98. The SMILES string of the molecule is CNC(=O)C(CCC=O)N(C=O)C/C=C(/C=C\C=C(C)C)NCc1cc(OCCOC)ccc1F. The molecule has 0 fully saturated rings. The Kier molecular flexibility index (Phi) is 14.4. The fraction of sp³-hybridized carbons (Fsp3) is 0.423. The van der Waals surface area contributed by atoms with E-state index in [1.165, 1.54) is 18.0 Å². The highest BCUT2D eigenvalue weighted by molar-refractivity contribution is 5.83. The fourth-order valence-corrected chi connectivity index (χ4v) is 3.05. The molecule has 1 unspecified atom stereocenters. The minimum atomic E-state index is -0.777. The molecule has 0 aliphatic carbocycles. The van der Waals surface area contributed by atoms with Gasteiger partial charge in [0.05, 0.1) is 6.61 Å². The molecule has 1 aromatic rings. The molecular formula is C26H36FN3O5. The number of rotatable bonds is 17. The molecular weight excluding hydrogens is 453 g/mol. The summed E-state index contributed by atoms with van der Waals surface area (Å²) in [6, 6.07) is 3.74. The normalized spacial score (nSPS) is 12.1. The minimum Gasteiger partial charge on any atom is -0.491 e. The number of likely N-dealkylation sites (N-methyl/N-ethyl adjacent to an activating group) is 1. The van der Waals surface area contributed by atoms with E-state index < -0.39 is 6.04 Å². The standard InChI is InChI=1S/C26H36FN3O5/c1-20(2)7-5-8-22(12-13-30(19-32)25(9-6-14-31)26(33)28-3)29-18-21-17-23(10-11-24(21)27)35-16-15-34-4/h5,7-8,10-12,14,17,19,25,29H,6,9,13,15-16,18H2,1-4H3,(H,28,33)/b8-5-,22-12-. The summed E-state index contributed by atoms with van der Waals surface area (Å²) < 4.78 is 24.9. The van der Waals surface area contributed by atoms with Crippen LogP contribution in [0.3, 0.4) is 0 Å². The molecule has 1 atom stereocenters. The molecule has 0 heterocycles. The second kappa shape index (κ2) is 17.0. The first-order valence-electron chi connectivity index (χ1n) is 11.4. The Bertz CT molecular complexity index is 910. The van der Waals surface area contributed by atoms with Crippen molar-refractivity contribution >= 4 is 18.6 Å². The summed E-state index contributed by atoms with van der Waals surface area (Å²) in [4.78, 5) is 36.1. The van der Waals surface area contributed by atoms with Gasteiger partial charge in [-0.2, -0.15) is 0 Å². The van der Waals surface area contributed by atoms with Crippen LogP contribution in [0.5, 0.6) is 5.75 Å². The Hall–Kier alpha value is -3.46. The van der Waals surface area contributed by atoms with Crippen LogP contribution in [0.15, 0.2) is 53.8 Å². The van der Waals surface area contributed by atoms with Gasteiger partial charge in [0.2, 0.25) is 12.3 Å². The van der Waals surface area contributed by atoms with Crippen LogP contribution < -0.4 is 15.4 Å². The number of nitrogens with one attached hydrogen (secondary N) is 2. The summed E-state index contributed by atoms with van der Waals surface area (Å²) >= 11 is 0. The average molecular weight is 490 g/mol. The van der Waals surface area contributed by atoms with E-state index in [2.05, 4.69) is 10.6 Å². The molecule has 1 rings (SSSR count). The Morgan fingerprint density at radius 2 is 2.00 bits per heavy atom. The van der Waals surface area contributed by atoms with Gasteiger partial charge in [-0.3, -0.25) is 9.59 Å². The summed E-state index contributed by atoms with van der Waals surface area (Å²) in [5.74, 6) is -0.205. The summed E-state index contributed by atoms with van der Waals surface area (Å²) in [5, 5.41) is 5.70. The number of ether oxygens (including phenoxy) is 2. The van der Waals surface area contributed by atoms with Gasteiger partial charge in [0, 0.05) is 44.9 Å². The van der Waals surface area contributed by atoms with Crippen molar-refractivity contribution in [3.8, 4) is 5.75 Å². The number of halogens is 1.